The summed E-state index contributed by atoms with van der Waals surface area (Å²) in [6.07, 6.45) is 4.81. The van der Waals surface area contributed by atoms with Crippen molar-refractivity contribution in [2.75, 3.05) is 0 Å². The van der Waals surface area contributed by atoms with Gasteiger partial charge >= 0.3 is 0 Å². The predicted octanol–water partition coefficient (Wildman–Crippen LogP) is 3.02. The summed E-state index contributed by atoms with van der Waals surface area (Å²) in [5.41, 5.74) is 3.08. The summed E-state index contributed by atoms with van der Waals surface area (Å²) in [5.74, 6) is 2.89. The van der Waals surface area contributed by atoms with E-state index in [0.717, 1.165) is 28.3 Å². The van der Waals surface area contributed by atoms with Gasteiger partial charge < -0.3 is 9.09 Å². The number of benzene rings is 1. The van der Waals surface area contributed by atoms with E-state index in [1.807, 2.05) is 54.9 Å². The number of rotatable bonds is 5. The fourth-order valence-corrected chi connectivity index (χ4v) is 2.81. The second-order valence-electron chi connectivity index (χ2n) is 6.12. The van der Waals surface area contributed by atoms with Gasteiger partial charge in [0.2, 0.25) is 0 Å². The molecular weight excluding hydrogens is 328 g/mol. The van der Waals surface area contributed by atoms with Crippen LogP contribution in [0.1, 0.15) is 17.2 Å². The van der Waals surface area contributed by atoms with E-state index in [9.17, 15) is 0 Å². The van der Waals surface area contributed by atoms with E-state index < -0.39 is 0 Å². The summed E-state index contributed by atoms with van der Waals surface area (Å²) in [6, 6.07) is 11.8. The van der Waals surface area contributed by atoms with Gasteiger partial charge in [0.05, 0.1) is 0 Å². The van der Waals surface area contributed by atoms with Crippen molar-refractivity contribution < 1.29 is 4.52 Å². The van der Waals surface area contributed by atoms with Gasteiger partial charge in [0.25, 0.3) is 5.89 Å². The van der Waals surface area contributed by atoms with E-state index >= 15 is 0 Å². The van der Waals surface area contributed by atoms with Gasteiger partial charge in [0, 0.05) is 43.4 Å². The lowest BCUT2D eigenvalue weighted by Crippen LogP contribution is -2.02. The van der Waals surface area contributed by atoms with Crippen molar-refractivity contribution in [2.24, 2.45) is 7.05 Å². The molecule has 0 radical (unpaired) electrons. The molecule has 26 heavy (non-hydrogen) atoms. The molecule has 3 heterocycles. The maximum Gasteiger partial charge on any atom is 0.257 e. The lowest BCUT2D eigenvalue weighted by molar-refractivity contribution is 0.422. The molecule has 0 amide bonds. The molecule has 0 saturated carbocycles. The number of nitrogens with zero attached hydrogens (tertiary/aromatic N) is 6. The highest BCUT2D eigenvalue weighted by Crippen LogP contribution is 2.19. The Kier molecular flexibility index (Phi) is 4.27. The summed E-state index contributed by atoms with van der Waals surface area (Å²) in [5, 5.41) is 12.7. The van der Waals surface area contributed by atoms with Crippen molar-refractivity contribution in [3.63, 3.8) is 0 Å². The van der Waals surface area contributed by atoms with Crippen LogP contribution < -0.4 is 0 Å². The summed E-state index contributed by atoms with van der Waals surface area (Å²) in [4.78, 5) is 8.52. The SMILES string of the molecule is Cc1cccc(-c2nc(CCc3nnc(-c4ccncc4)n3C)no2)c1. The topological polar surface area (TPSA) is 82.5 Å². The van der Waals surface area contributed by atoms with Gasteiger partial charge in [0.15, 0.2) is 11.6 Å². The molecule has 0 aliphatic rings. The van der Waals surface area contributed by atoms with E-state index in [0.29, 0.717) is 24.6 Å². The Hall–Kier alpha value is -3.35. The van der Waals surface area contributed by atoms with Crippen LogP contribution >= 0.6 is 0 Å². The van der Waals surface area contributed by atoms with Crippen LogP contribution in [0.2, 0.25) is 0 Å². The minimum absolute atomic E-state index is 0.541. The van der Waals surface area contributed by atoms with Crippen molar-refractivity contribution in [3.8, 4) is 22.8 Å². The maximum atomic E-state index is 5.39. The van der Waals surface area contributed by atoms with Gasteiger partial charge in [-0.15, -0.1) is 10.2 Å². The fraction of sp³-hybridized carbons (Fsp3) is 0.211. The minimum Gasteiger partial charge on any atom is -0.334 e. The molecule has 130 valence electrons. The van der Waals surface area contributed by atoms with Crippen molar-refractivity contribution >= 4 is 0 Å². The monoisotopic (exact) mass is 346 g/mol. The number of aromatic nitrogens is 6. The van der Waals surface area contributed by atoms with Crippen LogP contribution in [0.3, 0.4) is 0 Å². The Morgan fingerprint density at radius 2 is 1.85 bits per heavy atom. The Labute approximate surface area is 150 Å². The number of pyridine rings is 1. The van der Waals surface area contributed by atoms with Crippen LogP contribution in [0.15, 0.2) is 53.3 Å². The predicted molar refractivity (Wildman–Crippen MR) is 96.1 cm³/mol. The maximum absolute atomic E-state index is 5.39. The van der Waals surface area contributed by atoms with E-state index in [1.165, 1.54) is 0 Å². The molecule has 7 nitrogen and oxygen atoms in total. The normalized spacial score (nSPS) is 11.0. The largest absolute Gasteiger partial charge is 0.334 e. The molecule has 4 rings (SSSR count). The molecule has 0 atom stereocenters. The van der Waals surface area contributed by atoms with Crippen LogP contribution in [-0.2, 0) is 19.9 Å². The van der Waals surface area contributed by atoms with Crippen molar-refractivity contribution in [2.45, 2.75) is 19.8 Å². The van der Waals surface area contributed by atoms with E-state index in [4.69, 9.17) is 4.52 Å². The molecule has 7 heteroatoms. The molecule has 1 aromatic carbocycles. The van der Waals surface area contributed by atoms with E-state index in [1.54, 1.807) is 12.4 Å². The molecule has 0 saturated heterocycles. The van der Waals surface area contributed by atoms with E-state index in [2.05, 4.69) is 25.3 Å². The van der Waals surface area contributed by atoms with Gasteiger partial charge in [0.1, 0.15) is 5.82 Å². The summed E-state index contributed by atoms with van der Waals surface area (Å²) in [6.45, 7) is 2.04. The van der Waals surface area contributed by atoms with Gasteiger partial charge in [-0.1, -0.05) is 22.9 Å². The second kappa shape index (κ2) is 6.87. The summed E-state index contributed by atoms with van der Waals surface area (Å²) < 4.78 is 7.37. The van der Waals surface area contributed by atoms with Crippen molar-refractivity contribution in [1.82, 2.24) is 29.9 Å². The van der Waals surface area contributed by atoms with Crippen LogP contribution in [0.5, 0.6) is 0 Å². The third kappa shape index (κ3) is 3.23. The van der Waals surface area contributed by atoms with Crippen molar-refractivity contribution in [3.05, 3.63) is 66.0 Å². The number of hydrogen-bond acceptors (Lipinski definition) is 6. The quantitative estimate of drug-likeness (QED) is 0.552. The highest BCUT2D eigenvalue weighted by Gasteiger charge is 2.13. The minimum atomic E-state index is 0.541. The lowest BCUT2D eigenvalue weighted by atomic mass is 10.1. The first-order valence-electron chi connectivity index (χ1n) is 8.39. The molecule has 0 unspecified atom stereocenters. The molecule has 4 aromatic rings. The Morgan fingerprint density at radius 1 is 1.00 bits per heavy atom. The van der Waals surface area contributed by atoms with Crippen LogP contribution in [0.25, 0.3) is 22.8 Å². The summed E-state index contributed by atoms with van der Waals surface area (Å²) >= 11 is 0. The Bertz CT molecular complexity index is 1020. The highest BCUT2D eigenvalue weighted by molar-refractivity contribution is 5.54. The number of hydrogen-bond donors (Lipinski definition) is 0. The van der Waals surface area contributed by atoms with Gasteiger partial charge in [-0.3, -0.25) is 4.98 Å². The average molecular weight is 346 g/mol. The molecule has 0 fully saturated rings. The second-order valence-corrected chi connectivity index (χ2v) is 6.12. The van der Waals surface area contributed by atoms with Crippen LogP contribution in [0, 0.1) is 6.92 Å². The van der Waals surface area contributed by atoms with Gasteiger partial charge in [-0.05, 0) is 31.2 Å². The molecule has 3 aromatic heterocycles. The Balaban J connectivity index is 1.48. The van der Waals surface area contributed by atoms with Crippen LogP contribution in [-0.4, -0.2) is 29.9 Å². The first-order valence-corrected chi connectivity index (χ1v) is 8.39. The van der Waals surface area contributed by atoms with Crippen molar-refractivity contribution in [1.29, 1.82) is 0 Å². The smallest absolute Gasteiger partial charge is 0.257 e. The zero-order chi connectivity index (χ0) is 17.9. The zero-order valence-corrected chi connectivity index (χ0v) is 14.6. The molecule has 0 N–H and O–H groups in total. The van der Waals surface area contributed by atoms with E-state index in [-0.39, 0.29) is 0 Å². The lowest BCUT2D eigenvalue weighted by Gasteiger charge is -2.02. The molecule has 0 bridgehead atoms. The average Bonchev–Trinajstić information content (AvgIpc) is 3.28. The third-order valence-electron chi connectivity index (χ3n) is 4.21. The molecule has 0 spiro atoms. The zero-order valence-electron chi connectivity index (χ0n) is 14.6. The highest BCUT2D eigenvalue weighted by atomic mass is 16.5. The Morgan fingerprint density at radius 3 is 2.65 bits per heavy atom. The van der Waals surface area contributed by atoms with Gasteiger partial charge in [-0.25, -0.2) is 0 Å². The molecule has 0 aliphatic carbocycles. The standard InChI is InChI=1S/C19H18N6O/c1-13-4-3-5-15(12-13)19-21-16(24-26-19)6-7-17-22-23-18(25(17)2)14-8-10-20-11-9-14/h3-5,8-12H,6-7H2,1-2H3. The summed E-state index contributed by atoms with van der Waals surface area (Å²) in [7, 11) is 1.96. The fourth-order valence-electron chi connectivity index (χ4n) is 2.81. The van der Waals surface area contributed by atoms with Gasteiger partial charge in [-0.2, -0.15) is 4.98 Å². The first kappa shape index (κ1) is 16.1. The number of aryl methyl sites for hydroxylation is 3. The first-order chi connectivity index (χ1) is 12.7. The molecular formula is C19H18N6O. The molecule has 0 aliphatic heterocycles. The van der Waals surface area contributed by atoms with Crippen LogP contribution in [0.4, 0.5) is 0 Å². The third-order valence-corrected chi connectivity index (χ3v) is 4.21.